The van der Waals surface area contributed by atoms with Crippen LogP contribution in [-0.2, 0) is 34.1 Å². The Balaban J connectivity index is 2.29. The average molecular weight is 499 g/mol. The summed E-state index contributed by atoms with van der Waals surface area (Å²) in [5.74, 6) is 0.696. The standard InChI is InChI=1S/C24H39N2O7P/c1-18(33-34(28,32-17-29-7)31-14-12-23(27)24(2,3)4)26-16-19(11-13-25(5)6)21-10-9-20(30-8)15-22(21)26/h9-10,15-16,18H,11-14,17H2,1-8H3. The molecule has 0 bridgehead atoms. The van der Waals surface area contributed by atoms with E-state index in [1.807, 2.05) is 63.8 Å². The summed E-state index contributed by atoms with van der Waals surface area (Å²) >= 11 is 0. The fraction of sp³-hybridized carbons (Fsp3) is 0.625. The molecule has 0 aliphatic carbocycles. The molecule has 9 nitrogen and oxygen atoms in total. The zero-order valence-electron chi connectivity index (χ0n) is 21.6. The second-order valence-corrected chi connectivity index (χ2v) is 11.1. The molecule has 34 heavy (non-hydrogen) atoms. The van der Waals surface area contributed by atoms with E-state index in [4.69, 9.17) is 23.0 Å². The first kappa shape index (κ1) is 28.5. The van der Waals surface area contributed by atoms with E-state index < -0.39 is 19.5 Å². The number of hydrogen-bond acceptors (Lipinski definition) is 8. The summed E-state index contributed by atoms with van der Waals surface area (Å²) in [4.78, 5) is 14.3. The molecule has 0 aliphatic rings. The van der Waals surface area contributed by atoms with Crippen molar-refractivity contribution in [3.63, 3.8) is 0 Å². The molecule has 0 aliphatic heterocycles. The zero-order valence-corrected chi connectivity index (χ0v) is 22.5. The van der Waals surface area contributed by atoms with Gasteiger partial charge in [-0.05, 0) is 45.1 Å². The summed E-state index contributed by atoms with van der Waals surface area (Å²) in [5.41, 5.74) is 1.49. The van der Waals surface area contributed by atoms with Crippen LogP contribution in [0, 0.1) is 5.41 Å². The summed E-state index contributed by atoms with van der Waals surface area (Å²) in [6.45, 7) is 7.77. The monoisotopic (exact) mass is 498 g/mol. The lowest BCUT2D eigenvalue weighted by Gasteiger charge is -2.23. The van der Waals surface area contributed by atoms with E-state index in [1.165, 1.54) is 7.11 Å². The molecule has 0 saturated heterocycles. The summed E-state index contributed by atoms with van der Waals surface area (Å²) in [7, 11) is 3.06. The summed E-state index contributed by atoms with van der Waals surface area (Å²) in [6, 6.07) is 5.84. The predicted molar refractivity (Wildman–Crippen MR) is 132 cm³/mol. The number of benzene rings is 1. The minimum Gasteiger partial charge on any atom is -0.497 e. The lowest BCUT2D eigenvalue weighted by atomic mass is 9.89. The predicted octanol–water partition coefficient (Wildman–Crippen LogP) is 5.04. The molecular weight excluding hydrogens is 459 g/mol. The molecule has 0 fully saturated rings. The number of rotatable bonds is 14. The highest BCUT2D eigenvalue weighted by atomic mass is 31.2. The van der Waals surface area contributed by atoms with Crippen molar-refractivity contribution in [1.29, 1.82) is 0 Å². The van der Waals surface area contributed by atoms with Crippen molar-refractivity contribution in [3.8, 4) is 5.75 Å². The number of nitrogens with zero attached hydrogens (tertiary/aromatic N) is 2. The molecule has 0 amide bonds. The lowest BCUT2D eigenvalue weighted by molar-refractivity contribution is -0.126. The van der Waals surface area contributed by atoms with Crippen LogP contribution < -0.4 is 4.74 Å². The Morgan fingerprint density at radius 3 is 2.47 bits per heavy atom. The second-order valence-electron chi connectivity index (χ2n) is 9.44. The van der Waals surface area contributed by atoms with E-state index in [1.54, 1.807) is 14.0 Å². The van der Waals surface area contributed by atoms with Gasteiger partial charge in [0.25, 0.3) is 0 Å². The smallest absolute Gasteiger partial charge is 0.478 e. The van der Waals surface area contributed by atoms with E-state index >= 15 is 0 Å². The first-order valence-electron chi connectivity index (χ1n) is 11.3. The van der Waals surface area contributed by atoms with Crippen LogP contribution in [0.2, 0.25) is 0 Å². The largest absolute Gasteiger partial charge is 0.497 e. The van der Waals surface area contributed by atoms with E-state index in [0.29, 0.717) is 5.75 Å². The van der Waals surface area contributed by atoms with Crippen LogP contribution in [0.25, 0.3) is 10.9 Å². The number of fused-ring (bicyclic) bond motifs is 1. The summed E-state index contributed by atoms with van der Waals surface area (Å²) in [6.07, 6.45) is 2.23. The highest BCUT2D eigenvalue weighted by Crippen LogP contribution is 2.52. The van der Waals surface area contributed by atoms with E-state index in [2.05, 4.69) is 4.90 Å². The number of likely N-dealkylation sites (N-methyl/N-ethyl adjacent to an activating group) is 1. The number of carbonyl (C=O) groups is 1. The SMILES string of the molecule is COCOP(=O)(OCCC(=O)C(C)(C)C)OC(C)n1cc(CCN(C)C)c2ccc(OC)cc21. The number of Topliss-reactive ketones (excluding diaryl/α,β-unsaturated/α-hetero) is 1. The summed E-state index contributed by atoms with van der Waals surface area (Å²) < 4.78 is 42.2. The lowest BCUT2D eigenvalue weighted by Crippen LogP contribution is -2.21. The first-order chi connectivity index (χ1) is 15.9. The van der Waals surface area contributed by atoms with Crippen LogP contribution in [0.1, 0.15) is 45.9 Å². The normalized spacial score (nSPS) is 15.0. The van der Waals surface area contributed by atoms with Crippen LogP contribution in [-0.4, -0.2) is 63.5 Å². The van der Waals surface area contributed by atoms with Crippen LogP contribution >= 0.6 is 7.82 Å². The van der Waals surface area contributed by atoms with Crippen molar-refractivity contribution < 1.29 is 32.4 Å². The van der Waals surface area contributed by atoms with Crippen LogP contribution in [0.3, 0.4) is 0 Å². The molecule has 0 N–H and O–H groups in total. The summed E-state index contributed by atoms with van der Waals surface area (Å²) in [5, 5.41) is 1.06. The number of carbonyl (C=O) groups excluding carboxylic acids is 1. The highest BCUT2D eigenvalue weighted by molar-refractivity contribution is 7.48. The number of aromatic nitrogens is 1. The third kappa shape index (κ3) is 7.90. The van der Waals surface area contributed by atoms with Crippen molar-refractivity contribution >= 4 is 24.5 Å². The Bertz CT molecular complexity index is 997. The van der Waals surface area contributed by atoms with Crippen molar-refractivity contribution in [2.24, 2.45) is 5.41 Å². The highest BCUT2D eigenvalue weighted by Gasteiger charge is 2.32. The molecule has 192 valence electrons. The third-order valence-electron chi connectivity index (χ3n) is 5.37. The van der Waals surface area contributed by atoms with Gasteiger partial charge in [0.1, 0.15) is 17.8 Å². The Morgan fingerprint density at radius 1 is 1.18 bits per heavy atom. The van der Waals surface area contributed by atoms with Gasteiger partial charge in [0.15, 0.2) is 6.79 Å². The average Bonchev–Trinajstić information content (AvgIpc) is 3.13. The molecule has 0 radical (unpaired) electrons. The Labute approximate surface area is 202 Å². The fourth-order valence-electron chi connectivity index (χ4n) is 3.35. The molecule has 2 atom stereocenters. The van der Waals surface area contributed by atoms with Gasteiger partial charge in [-0.15, -0.1) is 0 Å². The first-order valence-corrected chi connectivity index (χ1v) is 12.8. The molecule has 1 heterocycles. The number of methoxy groups -OCH3 is 2. The molecule has 10 heteroatoms. The van der Waals surface area contributed by atoms with Gasteiger partial charge in [-0.1, -0.05) is 20.8 Å². The second kappa shape index (κ2) is 12.3. The Kier molecular flexibility index (Phi) is 10.3. The van der Waals surface area contributed by atoms with Gasteiger partial charge in [0, 0.05) is 43.1 Å². The van der Waals surface area contributed by atoms with Gasteiger partial charge < -0.3 is 18.9 Å². The van der Waals surface area contributed by atoms with Crippen molar-refractivity contribution in [2.75, 3.05) is 48.3 Å². The maximum absolute atomic E-state index is 13.4. The van der Waals surface area contributed by atoms with Gasteiger partial charge in [-0.3, -0.25) is 18.4 Å². The van der Waals surface area contributed by atoms with Gasteiger partial charge >= 0.3 is 7.82 Å². The molecule has 2 unspecified atom stereocenters. The maximum Gasteiger partial charge on any atom is 0.478 e. The number of ether oxygens (including phenoxy) is 2. The van der Waals surface area contributed by atoms with Gasteiger partial charge in [-0.2, -0.15) is 0 Å². The van der Waals surface area contributed by atoms with Crippen LogP contribution in [0.4, 0.5) is 0 Å². The molecule has 1 aromatic heterocycles. The Morgan fingerprint density at radius 2 is 1.88 bits per heavy atom. The topological polar surface area (TPSA) is 88.5 Å². The quantitative estimate of drug-likeness (QED) is 0.264. The van der Waals surface area contributed by atoms with Crippen molar-refractivity contribution in [2.45, 2.75) is 46.8 Å². The van der Waals surface area contributed by atoms with E-state index in [-0.39, 0.29) is 25.6 Å². The molecule has 1 aromatic carbocycles. The van der Waals surface area contributed by atoms with Crippen molar-refractivity contribution in [3.05, 3.63) is 30.0 Å². The molecule has 2 rings (SSSR count). The molecular formula is C24H39N2O7P. The molecule has 0 spiro atoms. The maximum atomic E-state index is 13.4. The van der Waals surface area contributed by atoms with Crippen LogP contribution in [0.15, 0.2) is 24.4 Å². The van der Waals surface area contributed by atoms with E-state index in [9.17, 15) is 9.36 Å². The number of ketones is 1. The van der Waals surface area contributed by atoms with Gasteiger partial charge in [-0.25, -0.2) is 4.57 Å². The van der Waals surface area contributed by atoms with Crippen LogP contribution in [0.5, 0.6) is 5.75 Å². The third-order valence-corrected chi connectivity index (χ3v) is 6.85. The number of phosphoric ester groups is 1. The number of hydrogen-bond donors (Lipinski definition) is 0. The van der Waals surface area contributed by atoms with Gasteiger partial charge in [0.2, 0.25) is 0 Å². The number of phosphoric acid groups is 1. The molecule has 0 saturated carbocycles. The molecule has 2 aromatic rings. The minimum absolute atomic E-state index is 0.00660. The fourth-order valence-corrected chi connectivity index (χ4v) is 4.57. The van der Waals surface area contributed by atoms with Crippen molar-refractivity contribution in [1.82, 2.24) is 9.47 Å². The minimum atomic E-state index is -4.02. The Hall–Kier alpha value is -1.74. The zero-order chi connectivity index (χ0) is 25.5. The van der Waals surface area contributed by atoms with Gasteiger partial charge in [0.05, 0.1) is 19.2 Å². The van der Waals surface area contributed by atoms with E-state index in [0.717, 1.165) is 29.4 Å².